The van der Waals surface area contributed by atoms with Crippen LogP contribution in [-0.2, 0) is 9.53 Å². The second kappa shape index (κ2) is 16.3. The number of hydrogen-bond acceptors (Lipinski definition) is 3. The van der Waals surface area contributed by atoms with E-state index in [1.165, 1.54) is 57.8 Å². The van der Waals surface area contributed by atoms with Gasteiger partial charge in [0.25, 0.3) is 0 Å². The van der Waals surface area contributed by atoms with Crippen LogP contribution in [0.3, 0.4) is 0 Å². The molecule has 0 bridgehead atoms. The predicted molar refractivity (Wildman–Crippen MR) is 120 cm³/mol. The van der Waals surface area contributed by atoms with Gasteiger partial charge >= 0.3 is 5.97 Å². The quantitative estimate of drug-likeness (QED) is 0.251. The molecule has 0 aliphatic carbocycles. The summed E-state index contributed by atoms with van der Waals surface area (Å²) in [5.41, 5.74) is -1.14. The Bertz CT molecular complexity index is 517. The molecule has 0 saturated carbocycles. The average molecular weight is 407 g/mol. The van der Waals surface area contributed by atoms with Gasteiger partial charge in [0, 0.05) is 13.0 Å². The van der Waals surface area contributed by atoms with Crippen molar-refractivity contribution >= 4 is 5.97 Å². The smallest absolute Gasteiger partial charge is 0.336 e. The third-order valence-corrected chi connectivity index (χ3v) is 5.51. The van der Waals surface area contributed by atoms with Crippen molar-refractivity contribution in [3.63, 3.8) is 0 Å². The number of ether oxygens (including phenoxy) is 2. The van der Waals surface area contributed by atoms with Gasteiger partial charge in [-0.3, -0.25) is 0 Å². The summed E-state index contributed by atoms with van der Waals surface area (Å²) in [6.45, 7) is 4.85. The van der Waals surface area contributed by atoms with Crippen LogP contribution in [0.1, 0.15) is 97.3 Å². The zero-order valence-electron chi connectivity index (χ0n) is 18.7. The second-order valence-electron chi connectivity index (χ2n) is 7.93. The van der Waals surface area contributed by atoms with E-state index in [9.17, 15) is 9.90 Å². The summed E-state index contributed by atoms with van der Waals surface area (Å²) >= 11 is 0. The van der Waals surface area contributed by atoms with E-state index in [0.29, 0.717) is 26.1 Å². The van der Waals surface area contributed by atoms with E-state index in [1.807, 2.05) is 37.3 Å². The fourth-order valence-corrected chi connectivity index (χ4v) is 3.75. The summed E-state index contributed by atoms with van der Waals surface area (Å²) in [5, 5.41) is 9.83. The molecule has 1 atom stereocenters. The molecule has 0 fully saturated rings. The molecule has 1 unspecified atom stereocenters. The van der Waals surface area contributed by atoms with E-state index < -0.39 is 11.6 Å². The normalized spacial score (nSPS) is 13.2. The lowest BCUT2D eigenvalue weighted by atomic mass is 9.92. The maximum Gasteiger partial charge on any atom is 0.336 e. The molecule has 0 aliphatic rings. The molecule has 0 spiro atoms. The molecule has 0 amide bonds. The molecule has 0 saturated heterocycles. The van der Waals surface area contributed by atoms with E-state index in [2.05, 4.69) is 6.92 Å². The van der Waals surface area contributed by atoms with Crippen LogP contribution in [0, 0.1) is 0 Å². The molecule has 166 valence electrons. The second-order valence-corrected chi connectivity index (χ2v) is 7.93. The standard InChI is InChI=1S/C25H42O4/c1-3-5-6-7-8-9-10-11-12-13-17-20-25(24(26)27,29-4-2)21-22-28-23-18-15-14-16-19-23/h14-16,18-19H,3-13,17,20-22H2,1-2H3,(H,26,27). The number of carboxylic acid groups (broad SMARTS) is 1. The Morgan fingerprint density at radius 3 is 1.90 bits per heavy atom. The van der Waals surface area contributed by atoms with Crippen LogP contribution in [0.2, 0.25) is 0 Å². The molecule has 1 rings (SSSR count). The van der Waals surface area contributed by atoms with Gasteiger partial charge in [-0.1, -0.05) is 89.3 Å². The molecule has 1 aromatic rings. The van der Waals surface area contributed by atoms with Crippen LogP contribution >= 0.6 is 0 Å². The first-order chi connectivity index (χ1) is 14.1. The lowest BCUT2D eigenvalue weighted by molar-refractivity contribution is -0.168. The molecule has 4 nitrogen and oxygen atoms in total. The minimum absolute atomic E-state index is 0.342. The van der Waals surface area contributed by atoms with Gasteiger partial charge in [-0.05, 0) is 31.9 Å². The van der Waals surface area contributed by atoms with Crippen LogP contribution < -0.4 is 4.74 Å². The minimum Gasteiger partial charge on any atom is -0.493 e. The summed E-state index contributed by atoms with van der Waals surface area (Å²) in [6, 6.07) is 9.52. The van der Waals surface area contributed by atoms with E-state index in [4.69, 9.17) is 9.47 Å². The Hall–Kier alpha value is -1.55. The molecule has 0 aliphatic heterocycles. The highest BCUT2D eigenvalue weighted by Crippen LogP contribution is 2.26. The van der Waals surface area contributed by atoms with Crippen molar-refractivity contribution in [3.05, 3.63) is 30.3 Å². The summed E-state index contributed by atoms with van der Waals surface area (Å²) in [7, 11) is 0. The van der Waals surface area contributed by atoms with E-state index in [-0.39, 0.29) is 0 Å². The monoisotopic (exact) mass is 406 g/mol. The van der Waals surface area contributed by atoms with Gasteiger partial charge in [0.05, 0.1) is 6.61 Å². The molecule has 0 radical (unpaired) electrons. The van der Waals surface area contributed by atoms with Gasteiger partial charge < -0.3 is 14.6 Å². The third-order valence-electron chi connectivity index (χ3n) is 5.51. The Morgan fingerprint density at radius 2 is 1.38 bits per heavy atom. The van der Waals surface area contributed by atoms with Crippen LogP contribution in [0.25, 0.3) is 0 Å². The highest BCUT2D eigenvalue weighted by molar-refractivity contribution is 5.77. The molecular formula is C25H42O4. The fraction of sp³-hybridized carbons (Fsp3) is 0.720. The lowest BCUT2D eigenvalue weighted by Gasteiger charge is -2.29. The van der Waals surface area contributed by atoms with Crippen LogP contribution in [0.15, 0.2) is 30.3 Å². The van der Waals surface area contributed by atoms with Crippen molar-refractivity contribution in [2.75, 3.05) is 13.2 Å². The maximum absolute atomic E-state index is 12.0. The first-order valence-corrected chi connectivity index (χ1v) is 11.7. The summed E-state index contributed by atoms with van der Waals surface area (Å²) in [6.07, 6.45) is 14.7. The van der Waals surface area contributed by atoms with Crippen molar-refractivity contribution in [1.29, 1.82) is 0 Å². The van der Waals surface area contributed by atoms with Gasteiger partial charge in [-0.15, -0.1) is 0 Å². The Morgan fingerprint density at radius 1 is 0.828 bits per heavy atom. The number of carboxylic acids is 1. The lowest BCUT2D eigenvalue weighted by Crippen LogP contribution is -2.43. The van der Waals surface area contributed by atoms with E-state index in [0.717, 1.165) is 18.6 Å². The van der Waals surface area contributed by atoms with Crippen molar-refractivity contribution in [2.45, 2.75) is 103 Å². The Balaban J connectivity index is 2.27. The zero-order chi connectivity index (χ0) is 21.2. The SMILES string of the molecule is CCCCCCCCCCCCCC(CCOc1ccccc1)(OCC)C(=O)O. The zero-order valence-corrected chi connectivity index (χ0v) is 18.7. The highest BCUT2D eigenvalue weighted by Gasteiger charge is 2.38. The Kier molecular flexibility index (Phi) is 14.3. The molecule has 0 aromatic heterocycles. The average Bonchev–Trinajstić information content (AvgIpc) is 2.72. The van der Waals surface area contributed by atoms with Crippen molar-refractivity contribution in [1.82, 2.24) is 0 Å². The number of para-hydroxylation sites is 1. The molecule has 4 heteroatoms. The minimum atomic E-state index is -1.14. The van der Waals surface area contributed by atoms with Crippen molar-refractivity contribution in [3.8, 4) is 5.75 Å². The largest absolute Gasteiger partial charge is 0.493 e. The molecule has 1 N–H and O–H groups in total. The molecule has 1 aromatic carbocycles. The first-order valence-electron chi connectivity index (χ1n) is 11.7. The van der Waals surface area contributed by atoms with Crippen LogP contribution in [0.5, 0.6) is 5.75 Å². The predicted octanol–water partition coefficient (Wildman–Crippen LogP) is 7.02. The number of hydrogen-bond donors (Lipinski definition) is 1. The van der Waals surface area contributed by atoms with Gasteiger partial charge in [-0.2, -0.15) is 0 Å². The molecule has 0 heterocycles. The number of benzene rings is 1. The number of unbranched alkanes of at least 4 members (excludes halogenated alkanes) is 10. The van der Waals surface area contributed by atoms with Gasteiger partial charge in [-0.25, -0.2) is 4.79 Å². The van der Waals surface area contributed by atoms with Gasteiger partial charge in [0.1, 0.15) is 5.75 Å². The summed E-state index contributed by atoms with van der Waals surface area (Å²) in [4.78, 5) is 12.0. The molecule has 29 heavy (non-hydrogen) atoms. The van der Waals surface area contributed by atoms with Gasteiger partial charge in [0.2, 0.25) is 0 Å². The number of rotatable bonds is 19. The number of carbonyl (C=O) groups is 1. The van der Waals surface area contributed by atoms with Crippen molar-refractivity contribution in [2.24, 2.45) is 0 Å². The Labute approximate surface area is 178 Å². The molecular weight excluding hydrogens is 364 g/mol. The summed E-state index contributed by atoms with van der Waals surface area (Å²) in [5.74, 6) is -0.110. The van der Waals surface area contributed by atoms with E-state index >= 15 is 0 Å². The topological polar surface area (TPSA) is 55.8 Å². The summed E-state index contributed by atoms with van der Waals surface area (Å²) < 4.78 is 11.5. The fourth-order valence-electron chi connectivity index (χ4n) is 3.75. The van der Waals surface area contributed by atoms with E-state index in [1.54, 1.807) is 0 Å². The van der Waals surface area contributed by atoms with Gasteiger partial charge in [0.15, 0.2) is 5.60 Å². The van der Waals surface area contributed by atoms with Crippen LogP contribution in [0.4, 0.5) is 0 Å². The van der Waals surface area contributed by atoms with Crippen molar-refractivity contribution < 1.29 is 19.4 Å². The highest BCUT2D eigenvalue weighted by atomic mass is 16.5. The number of aliphatic carboxylic acids is 1. The van der Waals surface area contributed by atoms with Crippen LogP contribution in [-0.4, -0.2) is 29.9 Å². The third kappa shape index (κ3) is 11.3. The maximum atomic E-state index is 12.0. The first kappa shape index (κ1) is 25.5.